The van der Waals surface area contributed by atoms with Gasteiger partial charge in [-0.25, -0.2) is 9.59 Å². The number of amides is 1. The molecule has 1 amide bonds. The first-order chi connectivity index (χ1) is 15.9. The summed E-state index contributed by atoms with van der Waals surface area (Å²) in [4.78, 5) is 35.9. The van der Waals surface area contributed by atoms with Gasteiger partial charge in [0, 0.05) is 12.2 Å². The standard InChI is InChI=1S/C25H27N3O5/c1-3-33-24(31)17(2)15-21(26-25(32)28-14-13-22(27-28)23(29)30)16-18-9-11-20(12-10-18)19-7-5-4-6-8-19/h4-14,17,21H,3,15-16H2,1-2H3,(H,26,32)(H,29,30)/t17-,21+/m1/s1. The topological polar surface area (TPSA) is 111 Å². The number of aromatic nitrogens is 2. The van der Waals surface area contributed by atoms with E-state index in [4.69, 9.17) is 9.84 Å². The fourth-order valence-electron chi connectivity index (χ4n) is 3.54. The van der Waals surface area contributed by atoms with E-state index in [0.29, 0.717) is 12.8 Å². The fourth-order valence-corrected chi connectivity index (χ4v) is 3.54. The Morgan fingerprint density at radius 2 is 1.70 bits per heavy atom. The van der Waals surface area contributed by atoms with Crippen molar-refractivity contribution in [2.75, 3.05) is 6.61 Å². The summed E-state index contributed by atoms with van der Waals surface area (Å²) >= 11 is 0. The van der Waals surface area contributed by atoms with Crippen LogP contribution in [0.2, 0.25) is 0 Å². The van der Waals surface area contributed by atoms with E-state index in [-0.39, 0.29) is 18.3 Å². The second kappa shape index (κ2) is 11.1. The molecule has 0 spiro atoms. The van der Waals surface area contributed by atoms with Crippen molar-refractivity contribution in [1.29, 1.82) is 0 Å². The molecule has 2 N–H and O–H groups in total. The van der Waals surface area contributed by atoms with Crippen LogP contribution in [0.15, 0.2) is 66.9 Å². The van der Waals surface area contributed by atoms with Gasteiger partial charge in [0.15, 0.2) is 5.69 Å². The number of rotatable bonds is 9. The van der Waals surface area contributed by atoms with Gasteiger partial charge in [-0.1, -0.05) is 61.5 Å². The molecular formula is C25H27N3O5. The summed E-state index contributed by atoms with van der Waals surface area (Å²) in [5.74, 6) is -1.97. The average molecular weight is 450 g/mol. The fraction of sp³-hybridized carbons (Fsp3) is 0.280. The van der Waals surface area contributed by atoms with Gasteiger partial charge in [0.25, 0.3) is 0 Å². The maximum Gasteiger partial charge on any atom is 0.356 e. The molecule has 1 heterocycles. The molecule has 0 aliphatic heterocycles. The second-order valence-electron chi connectivity index (χ2n) is 7.75. The molecule has 33 heavy (non-hydrogen) atoms. The van der Waals surface area contributed by atoms with Crippen LogP contribution in [-0.2, 0) is 16.0 Å². The molecule has 8 heteroatoms. The number of carbonyl (C=O) groups excluding carboxylic acids is 2. The maximum absolute atomic E-state index is 12.7. The molecule has 0 saturated carbocycles. The van der Waals surface area contributed by atoms with E-state index in [2.05, 4.69) is 10.4 Å². The van der Waals surface area contributed by atoms with Crippen LogP contribution in [0.5, 0.6) is 0 Å². The number of ether oxygens (including phenoxy) is 1. The number of carboxylic acid groups (broad SMARTS) is 1. The zero-order valence-corrected chi connectivity index (χ0v) is 18.6. The van der Waals surface area contributed by atoms with E-state index in [1.54, 1.807) is 13.8 Å². The van der Waals surface area contributed by atoms with E-state index in [1.165, 1.54) is 12.3 Å². The van der Waals surface area contributed by atoms with Crippen LogP contribution in [0.25, 0.3) is 11.1 Å². The Kier molecular flexibility index (Phi) is 7.96. The van der Waals surface area contributed by atoms with Crippen LogP contribution < -0.4 is 5.32 Å². The maximum atomic E-state index is 12.7. The zero-order chi connectivity index (χ0) is 23.8. The van der Waals surface area contributed by atoms with Gasteiger partial charge in [-0.2, -0.15) is 9.78 Å². The second-order valence-corrected chi connectivity index (χ2v) is 7.75. The molecule has 0 unspecified atom stereocenters. The van der Waals surface area contributed by atoms with Crippen molar-refractivity contribution in [1.82, 2.24) is 15.1 Å². The molecule has 1 aromatic heterocycles. The van der Waals surface area contributed by atoms with Crippen molar-refractivity contribution >= 4 is 18.0 Å². The van der Waals surface area contributed by atoms with E-state index >= 15 is 0 Å². The summed E-state index contributed by atoms with van der Waals surface area (Å²) in [6.07, 6.45) is 2.13. The SMILES string of the molecule is CCOC(=O)[C@H](C)C[C@@H](Cc1ccc(-c2ccccc2)cc1)NC(=O)n1ccc(C(=O)O)n1. The first kappa shape index (κ1) is 23.7. The van der Waals surface area contributed by atoms with Gasteiger partial charge in [0.2, 0.25) is 0 Å². The molecule has 8 nitrogen and oxygen atoms in total. The molecule has 0 radical (unpaired) electrons. The quantitative estimate of drug-likeness (QED) is 0.478. The smallest absolute Gasteiger partial charge is 0.356 e. The number of carbonyl (C=O) groups is 3. The monoisotopic (exact) mass is 449 g/mol. The van der Waals surface area contributed by atoms with Crippen molar-refractivity contribution in [2.24, 2.45) is 5.92 Å². The highest BCUT2D eigenvalue weighted by Gasteiger charge is 2.23. The van der Waals surface area contributed by atoms with E-state index in [1.807, 2.05) is 54.6 Å². The lowest BCUT2D eigenvalue weighted by Crippen LogP contribution is -2.41. The molecule has 3 aromatic rings. The van der Waals surface area contributed by atoms with Crippen molar-refractivity contribution < 1.29 is 24.2 Å². The van der Waals surface area contributed by atoms with Gasteiger partial charge in [-0.15, -0.1) is 0 Å². The predicted octanol–water partition coefficient (Wildman–Crippen LogP) is 4.01. The van der Waals surface area contributed by atoms with Gasteiger partial charge < -0.3 is 15.2 Å². The highest BCUT2D eigenvalue weighted by atomic mass is 16.5. The van der Waals surface area contributed by atoms with Crippen LogP contribution in [-0.4, -0.2) is 45.5 Å². The highest BCUT2D eigenvalue weighted by Crippen LogP contribution is 2.21. The van der Waals surface area contributed by atoms with Crippen LogP contribution in [0.4, 0.5) is 4.79 Å². The highest BCUT2D eigenvalue weighted by molar-refractivity contribution is 5.86. The Bertz CT molecular complexity index is 1090. The first-order valence-electron chi connectivity index (χ1n) is 10.8. The van der Waals surface area contributed by atoms with Crippen molar-refractivity contribution in [3.05, 3.63) is 78.1 Å². The van der Waals surface area contributed by atoms with E-state index < -0.39 is 24.0 Å². The van der Waals surface area contributed by atoms with Gasteiger partial charge in [0.05, 0.1) is 12.5 Å². The molecule has 0 bridgehead atoms. The number of hydrogen-bond acceptors (Lipinski definition) is 5. The Balaban J connectivity index is 1.75. The molecule has 0 fully saturated rings. The number of hydrogen-bond donors (Lipinski definition) is 2. The van der Waals surface area contributed by atoms with Crippen molar-refractivity contribution in [2.45, 2.75) is 32.7 Å². The summed E-state index contributed by atoms with van der Waals surface area (Å²) in [5, 5.41) is 15.7. The van der Waals surface area contributed by atoms with Gasteiger partial charge in [-0.3, -0.25) is 4.79 Å². The Morgan fingerprint density at radius 3 is 2.30 bits per heavy atom. The lowest BCUT2D eigenvalue weighted by Gasteiger charge is -2.22. The summed E-state index contributed by atoms with van der Waals surface area (Å²) in [6, 6.07) is 18.3. The number of nitrogens with one attached hydrogen (secondary N) is 1. The summed E-state index contributed by atoms with van der Waals surface area (Å²) in [5.41, 5.74) is 2.95. The van der Waals surface area contributed by atoms with Crippen LogP contribution >= 0.6 is 0 Å². The molecule has 172 valence electrons. The number of benzene rings is 2. The molecule has 2 aromatic carbocycles. The average Bonchev–Trinajstić information content (AvgIpc) is 3.31. The zero-order valence-electron chi connectivity index (χ0n) is 18.6. The molecular weight excluding hydrogens is 422 g/mol. The normalized spacial score (nSPS) is 12.5. The largest absolute Gasteiger partial charge is 0.476 e. The molecule has 0 aliphatic rings. The lowest BCUT2D eigenvalue weighted by molar-refractivity contribution is -0.147. The third kappa shape index (κ3) is 6.52. The summed E-state index contributed by atoms with van der Waals surface area (Å²) in [7, 11) is 0. The minimum absolute atomic E-state index is 0.224. The first-order valence-corrected chi connectivity index (χ1v) is 10.8. The minimum Gasteiger partial charge on any atom is -0.476 e. The van der Waals surface area contributed by atoms with Crippen molar-refractivity contribution in [3.63, 3.8) is 0 Å². The number of nitrogens with zero attached hydrogens (tertiary/aromatic N) is 2. The van der Waals surface area contributed by atoms with Crippen LogP contribution in [0, 0.1) is 5.92 Å². The third-order valence-corrected chi connectivity index (χ3v) is 5.21. The van der Waals surface area contributed by atoms with Crippen LogP contribution in [0.1, 0.15) is 36.3 Å². The third-order valence-electron chi connectivity index (χ3n) is 5.21. The number of aromatic carboxylic acids is 1. The molecule has 0 aliphatic carbocycles. The van der Waals surface area contributed by atoms with E-state index in [9.17, 15) is 14.4 Å². The molecule has 3 rings (SSSR count). The van der Waals surface area contributed by atoms with Crippen molar-refractivity contribution in [3.8, 4) is 11.1 Å². The Hall–Kier alpha value is -3.94. The van der Waals surface area contributed by atoms with Crippen LogP contribution in [0.3, 0.4) is 0 Å². The Morgan fingerprint density at radius 1 is 1.03 bits per heavy atom. The number of esters is 1. The lowest BCUT2D eigenvalue weighted by atomic mass is 9.95. The van der Waals surface area contributed by atoms with Gasteiger partial charge in [-0.05, 0) is 42.5 Å². The number of carboxylic acids is 1. The minimum atomic E-state index is -1.22. The summed E-state index contributed by atoms with van der Waals surface area (Å²) < 4.78 is 6.05. The molecule has 0 saturated heterocycles. The van der Waals surface area contributed by atoms with E-state index in [0.717, 1.165) is 21.4 Å². The van der Waals surface area contributed by atoms with Gasteiger partial charge >= 0.3 is 18.0 Å². The predicted molar refractivity (Wildman–Crippen MR) is 123 cm³/mol. The summed E-state index contributed by atoms with van der Waals surface area (Å²) in [6.45, 7) is 3.79. The Labute approximate surface area is 192 Å². The van der Waals surface area contributed by atoms with Gasteiger partial charge in [0.1, 0.15) is 0 Å². The molecule has 2 atom stereocenters.